The molecule has 72 valence electrons. The molecule has 1 heterocycles. The second kappa shape index (κ2) is 2.97. The third-order valence-electron chi connectivity index (χ3n) is 2.14. The zero-order valence-corrected chi connectivity index (χ0v) is 8.69. The molecule has 1 aliphatic heterocycles. The Labute approximate surface area is 90.2 Å². The highest BCUT2D eigenvalue weighted by Crippen LogP contribution is 2.34. The number of fused-ring (bicyclic) bond motifs is 1. The molecule has 0 fully saturated rings. The van der Waals surface area contributed by atoms with Crippen molar-refractivity contribution < 1.29 is 9.59 Å². The van der Waals surface area contributed by atoms with Crippen LogP contribution in [-0.2, 0) is 4.79 Å². The van der Waals surface area contributed by atoms with Crippen molar-refractivity contribution in [2.75, 3.05) is 11.9 Å². The molecule has 0 radical (unpaired) electrons. The molecule has 0 spiro atoms. The summed E-state index contributed by atoms with van der Waals surface area (Å²) in [7, 11) is 1.52. The maximum absolute atomic E-state index is 11.4. The van der Waals surface area contributed by atoms with Crippen LogP contribution in [0.2, 0.25) is 10.0 Å². The molecule has 14 heavy (non-hydrogen) atoms. The number of halogens is 2. The molecule has 0 saturated heterocycles. The van der Waals surface area contributed by atoms with Gasteiger partial charge in [-0.25, -0.2) is 0 Å². The molecule has 1 amide bonds. The Balaban J connectivity index is 2.71. The first-order valence-corrected chi connectivity index (χ1v) is 4.59. The highest BCUT2D eigenvalue weighted by Gasteiger charge is 2.33. The van der Waals surface area contributed by atoms with Crippen molar-refractivity contribution in [2.24, 2.45) is 0 Å². The summed E-state index contributed by atoms with van der Waals surface area (Å²) in [6.07, 6.45) is 0. The molecule has 3 nitrogen and oxygen atoms in total. The largest absolute Gasteiger partial charge is 0.308 e. The van der Waals surface area contributed by atoms with Gasteiger partial charge in [0.2, 0.25) is 0 Å². The van der Waals surface area contributed by atoms with E-state index in [1.807, 2.05) is 0 Å². The van der Waals surface area contributed by atoms with Gasteiger partial charge < -0.3 is 4.90 Å². The number of hydrogen-bond donors (Lipinski definition) is 0. The zero-order valence-electron chi connectivity index (χ0n) is 7.17. The van der Waals surface area contributed by atoms with Crippen molar-refractivity contribution in [3.63, 3.8) is 0 Å². The Morgan fingerprint density at radius 3 is 2.36 bits per heavy atom. The highest BCUT2D eigenvalue weighted by atomic mass is 35.5. The Kier molecular flexibility index (Phi) is 2.01. The van der Waals surface area contributed by atoms with Crippen LogP contribution in [0.25, 0.3) is 0 Å². The lowest BCUT2D eigenvalue weighted by Gasteiger charge is -2.08. The van der Waals surface area contributed by atoms with Crippen molar-refractivity contribution in [1.29, 1.82) is 0 Å². The Bertz CT molecular complexity index is 456. The number of likely N-dealkylation sites (N-methyl/N-ethyl adjacent to an activating group) is 1. The van der Waals surface area contributed by atoms with E-state index in [1.54, 1.807) is 0 Å². The van der Waals surface area contributed by atoms with Crippen molar-refractivity contribution in [3.8, 4) is 0 Å². The molecule has 0 aliphatic carbocycles. The number of ketones is 1. The van der Waals surface area contributed by atoms with E-state index in [-0.39, 0.29) is 5.02 Å². The summed E-state index contributed by atoms with van der Waals surface area (Å²) in [4.78, 5) is 23.9. The third-order valence-corrected chi connectivity index (χ3v) is 2.87. The fourth-order valence-electron chi connectivity index (χ4n) is 1.37. The molecule has 0 N–H and O–H groups in total. The van der Waals surface area contributed by atoms with Crippen LogP contribution in [-0.4, -0.2) is 18.7 Å². The summed E-state index contributed by atoms with van der Waals surface area (Å²) in [5.41, 5.74) is 0.821. The number of carbonyl (C=O) groups is 2. The zero-order chi connectivity index (χ0) is 10.5. The lowest BCUT2D eigenvalue weighted by atomic mass is 10.1. The van der Waals surface area contributed by atoms with Gasteiger partial charge in [-0.15, -0.1) is 0 Å². The van der Waals surface area contributed by atoms with Gasteiger partial charge in [-0.1, -0.05) is 23.2 Å². The van der Waals surface area contributed by atoms with E-state index in [0.717, 1.165) is 0 Å². The van der Waals surface area contributed by atoms with Gasteiger partial charge in [-0.2, -0.15) is 0 Å². The fourth-order valence-corrected chi connectivity index (χ4v) is 1.69. The average molecular weight is 230 g/mol. The summed E-state index contributed by atoms with van der Waals surface area (Å²) in [6.45, 7) is 0. The summed E-state index contributed by atoms with van der Waals surface area (Å²) >= 11 is 11.5. The van der Waals surface area contributed by atoms with Crippen LogP contribution in [0.3, 0.4) is 0 Å². The molecular weight excluding hydrogens is 225 g/mol. The standard InChI is InChI=1S/C9H5Cl2NO2/c1-12-7-3-6(11)5(10)2-4(7)8(13)9(12)14/h2-3H,1H3. The van der Waals surface area contributed by atoms with Crippen LogP contribution in [0, 0.1) is 0 Å². The minimum atomic E-state index is -0.557. The molecule has 2 rings (SSSR count). The van der Waals surface area contributed by atoms with Gasteiger partial charge in [-0.05, 0) is 12.1 Å². The topological polar surface area (TPSA) is 37.4 Å². The van der Waals surface area contributed by atoms with Crippen LogP contribution < -0.4 is 4.90 Å². The lowest BCUT2D eigenvalue weighted by Crippen LogP contribution is -2.24. The van der Waals surface area contributed by atoms with E-state index in [9.17, 15) is 9.59 Å². The van der Waals surface area contributed by atoms with Gasteiger partial charge in [0.05, 0.1) is 21.3 Å². The monoisotopic (exact) mass is 229 g/mol. The maximum Gasteiger partial charge on any atom is 0.299 e. The minimum Gasteiger partial charge on any atom is -0.308 e. The van der Waals surface area contributed by atoms with Crippen molar-refractivity contribution in [1.82, 2.24) is 0 Å². The van der Waals surface area contributed by atoms with Gasteiger partial charge >= 0.3 is 0 Å². The number of Topliss-reactive ketones (excluding diaryl/α,β-unsaturated/α-hetero) is 1. The molecule has 0 aromatic heterocycles. The second-order valence-electron chi connectivity index (χ2n) is 2.98. The third kappa shape index (κ3) is 1.13. The van der Waals surface area contributed by atoms with Gasteiger partial charge in [0.25, 0.3) is 11.7 Å². The van der Waals surface area contributed by atoms with Gasteiger partial charge in [0.1, 0.15) is 0 Å². The van der Waals surface area contributed by atoms with Gasteiger partial charge in [0.15, 0.2) is 0 Å². The molecule has 1 aliphatic rings. The van der Waals surface area contributed by atoms with E-state index in [0.29, 0.717) is 16.3 Å². The van der Waals surface area contributed by atoms with Crippen molar-refractivity contribution in [3.05, 3.63) is 27.7 Å². The number of hydrogen-bond acceptors (Lipinski definition) is 2. The predicted molar refractivity (Wildman–Crippen MR) is 54.2 cm³/mol. The summed E-state index contributed by atoms with van der Waals surface area (Å²) < 4.78 is 0. The van der Waals surface area contributed by atoms with E-state index < -0.39 is 11.7 Å². The number of benzene rings is 1. The fraction of sp³-hybridized carbons (Fsp3) is 0.111. The number of anilines is 1. The smallest absolute Gasteiger partial charge is 0.299 e. The van der Waals surface area contributed by atoms with Crippen molar-refractivity contribution >= 4 is 40.6 Å². The Morgan fingerprint density at radius 1 is 1.14 bits per heavy atom. The summed E-state index contributed by atoms with van der Waals surface area (Å²) in [6, 6.07) is 2.94. The van der Waals surface area contributed by atoms with E-state index in [2.05, 4.69) is 0 Å². The first kappa shape index (κ1) is 9.49. The normalized spacial score (nSPS) is 14.9. The van der Waals surface area contributed by atoms with Crippen LogP contribution in [0.1, 0.15) is 10.4 Å². The average Bonchev–Trinajstić information content (AvgIpc) is 2.34. The first-order valence-electron chi connectivity index (χ1n) is 3.84. The molecule has 0 unspecified atom stereocenters. The number of nitrogens with zero attached hydrogens (tertiary/aromatic N) is 1. The Morgan fingerprint density at radius 2 is 1.71 bits per heavy atom. The summed E-state index contributed by atoms with van der Waals surface area (Å²) in [5, 5.41) is 0.613. The van der Waals surface area contributed by atoms with Crippen LogP contribution in [0.15, 0.2) is 12.1 Å². The molecule has 0 bridgehead atoms. The molecule has 5 heteroatoms. The number of carbonyl (C=O) groups excluding carboxylic acids is 2. The molecule has 0 saturated carbocycles. The molecule has 1 aromatic rings. The quantitative estimate of drug-likeness (QED) is 0.640. The van der Waals surface area contributed by atoms with Gasteiger partial charge in [-0.3, -0.25) is 9.59 Å². The lowest BCUT2D eigenvalue weighted by molar-refractivity contribution is -0.114. The van der Waals surface area contributed by atoms with E-state index in [4.69, 9.17) is 23.2 Å². The van der Waals surface area contributed by atoms with Crippen LogP contribution in [0.5, 0.6) is 0 Å². The van der Waals surface area contributed by atoms with Crippen LogP contribution in [0.4, 0.5) is 5.69 Å². The summed E-state index contributed by atoms with van der Waals surface area (Å²) in [5.74, 6) is -1.10. The molecular formula is C9H5Cl2NO2. The molecule has 0 atom stereocenters. The van der Waals surface area contributed by atoms with Gasteiger partial charge in [0, 0.05) is 7.05 Å². The Hall–Kier alpha value is -1.06. The van der Waals surface area contributed by atoms with Crippen molar-refractivity contribution in [2.45, 2.75) is 0 Å². The maximum atomic E-state index is 11.4. The highest BCUT2D eigenvalue weighted by molar-refractivity contribution is 6.53. The van der Waals surface area contributed by atoms with Crippen LogP contribution >= 0.6 is 23.2 Å². The van der Waals surface area contributed by atoms with E-state index in [1.165, 1.54) is 24.1 Å². The molecule has 1 aromatic carbocycles. The van der Waals surface area contributed by atoms with E-state index >= 15 is 0 Å². The minimum absolute atomic E-state index is 0.280. The number of amides is 1. The predicted octanol–water partition coefficient (Wildman–Crippen LogP) is 2.15. The first-order chi connectivity index (χ1) is 6.52. The SMILES string of the molecule is CN1C(=O)C(=O)c2cc(Cl)c(Cl)cc21. The second-order valence-corrected chi connectivity index (χ2v) is 3.79. The number of rotatable bonds is 0.